The van der Waals surface area contributed by atoms with Gasteiger partial charge in [0.25, 0.3) is 5.91 Å². The third-order valence-electron chi connectivity index (χ3n) is 9.45. The topological polar surface area (TPSA) is 249 Å². The highest BCUT2D eigenvalue weighted by molar-refractivity contribution is 5.81. The molecule has 2 aliphatic rings. The van der Waals surface area contributed by atoms with Crippen LogP contribution in [0.5, 0.6) is 0 Å². The number of aliphatic hydroxyl groups excluding tert-OH is 3. The summed E-state index contributed by atoms with van der Waals surface area (Å²) in [6.07, 6.45) is -2.72. The van der Waals surface area contributed by atoms with Crippen LogP contribution >= 0.6 is 0 Å². The minimum atomic E-state index is -1.58. The molecule has 2 aliphatic heterocycles. The molecule has 2 rings (SSSR count). The number of aliphatic hydroxyl groups is 3. The molecule has 0 aromatic rings. The number of Topliss-reactive ketones (excluding diaryl/α,β-unsaturated/α-hetero) is 1. The van der Waals surface area contributed by atoms with Gasteiger partial charge in [-0.2, -0.15) is 0 Å². The standard InChI is InChI=1S/C20H34O8.C19H35NO7.CH5N/c1-11(18(23)28-20(6,7)8)9-25-19-17(26-15(5)22)13(3)12(2)16(27-19)10-24-14(4)21;1-4-5-6-7-8-9-10-20-18(25)17-15(23)14(22)16(24)19(27-17)26-11-12(2)13(3)21;1-2/h11-13,16-17,19H,9-10H2,1-8H3;12,14-17,19,22-24H,4-11H2,1-3H3,(H,20,25);2H2,1H3/t11?,12-,13-,16?,17?,19-;12?,14-,15-,16?,17?,19-;/m00./s1. The van der Waals surface area contributed by atoms with E-state index in [1.807, 2.05) is 13.8 Å². The van der Waals surface area contributed by atoms with Gasteiger partial charge in [-0.25, -0.2) is 0 Å². The second kappa shape index (κ2) is 27.8. The Balaban J connectivity index is 0.00000105. The molecule has 0 radical (unpaired) electrons. The molecule has 6 unspecified atom stereocenters. The van der Waals surface area contributed by atoms with Crippen molar-refractivity contribution in [2.45, 2.75) is 169 Å². The molecule has 2 fully saturated rings. The van der Waals surface area contributed by atoms with Crippen molar-refractivity contribution < 1.29 is 72.5 Å². The summed E-state index contributed by atoms with van der Waals surface area (Å²) in [4.78, 5) is 58.4. The molecule has 2 heterocycles. The van der Waals surface area contributed by atoms with E-state index < -0.39 is 84.5 Å². The second-order valence-corrected chi connectivity index (χ2v) is 15.7. The smallest absolute Gasteiger partial charge is 0.311 e. The van der Waals surface area contributed by atoms with Crippen molar-refractivity contribution in [2.75, 3.05) is 33.4 Å². The quantitative estimate of drug-likeness (QED) is 0.0714. The van der Waals surface area contributed by atoms with Gasteiger partial charge in [0.1, 0.15) is 36.3 Å². The molecule has 0 bridgehead atoms. The summed E-state index contributed by atoms with van der Waals surface area (Å²) >= 11 is 0. The lowest BCUT2D eigenvalue weighted by atomic mass is 9.83. The second-order valence-electron chi connectivity index (χ2n) is 15.7. The molecule has 334 valence electrons. The molecule has 6 N–H and O–H groups in total. The van der Waals surface area contributed by atoms with Crippen molar-refractivity contribution in [3.05, 3.63) is 0 Å². The fourth-order valence-electron chi connectivity index (χ4n) is 5.62. The van der Waals surface area contributed by atoms with E-state index in [2.05, 4.69) is 18.0 Å². The normalized spacial score (nSPS) is 28.2. The number of rotatable bonds is 19. The van der Waals surface area contributed by atoms with Crippen LogP contribution in [-0.2, 0) is 57.1 Å². The Bertz CT molecular complexity index is 1200. The van der Waals surface area contributed by atoms with E-state index in [0.717, 1.165) is 19.3 Å². The number of unbranched alkanes of at least 4 members (excludes halogenated alkanes) is 5. The minimum Gasteiger partial charge on any atom is -0.463 e. The Labute approximate surface area is 339 Å². The Kier molecular flexibility index (Phi) is 26.5. The summed E-state index contributed by atoms with van der Waals surface area (Å²) in [7, 11) is 1.50. The summed E-state index contributed by atoms with van der Waals surface area (Å²) in [5.74, 6) is -2.95. The number of hydrogen-bond donors (Lipinski definition) is 5. The highest BCUT2D eigenvalue weighted by atomic mass is 16.7. The molecule has 17 heteroatoms. The first-order chi connectivity index (χ1) is 26.6. The van der Waals surface area contributed by atoms with Gasteiger partial charge in [0.15, 0.2) is 24.8 Å². The molecular weight excluding hydrogens is 748 g/mol. The first kappa shape index (κ1) is 54.2. The van der Waals surface area contributed by atoms with Gasteiger partial charge >= 0.3 is 17.9 Å². The largest absolute Gasteiger partial charge is 0.463 e. The number of carbonyl (C=O) groups is 5. The fraction of sp³-hybridized carbons (Fsp3) is 0.875. The maximum atomic E-state index is 12.3. The van der Waals surface area contributed by atoms with Crippen LogP contribution in [0.25, 0.3) is 0 Å². The van der Waals surface area contributed by atoms with E-state index in [1.54, 1.807) is 34.6 Å². The fourth-order valence-corrected chi connectivity index (χ4v) is 5.62. The first-order valence-corrected chi connectivity index (χ1v) is 20.1. The molecule has 0 aromatic heterocycles. The maximum Gasteiger partial charge on any atom is 0.311 e. The number of ketones is 1. The van der Waals surface area contributed by atoms with Crippen molar-refractivity contribution in [3.63, 3.8) is 0 Å². The predicted molar refractivity (Wildman–Crippen MR) is 209 cm³/mol. The molecule has 12 atom stereocenters. The van der Waals surface area contributed by atoms with Crippen molar-refractivity contribution in [1.29, 1.82) is 0 Å². The van der Waals surface area contributed by atoms with Crippen LogP contribution < -0.4 is 11.1 Å². The summed E-state index contributed by atoms with van der Waals surface area (Å²) < 4.78 is 38.3. The lowest BCUT2D eigenvalue weighted by Crippen LogP contribution is -2.62. The zero-order valence-electron chi connectivity index (χ0n) is 36.3. The molecule has 1 amide bonds. The molecule has 0 spiro atoms. The van der Waals surface area contributed by atoms with Gasteiger partial charge in [-0.15, -0.1) is 0 Å². The third kappa shape index (κ3) is 20.7. The predicted octanol–water partition coefficient (Wildman–Crippen LogP) is 2.56. The summed E-state index contributed by atoms with van der Waals surface area (Å²) in [5, 5.41) is 32.7. The first-order valence-electron chi connectivity index (χ1n) is 20.1. The zero-order valence-corrected chi connectivity index (χ0v) is 36.3. The Hall–Kier alpha value is -2.77. The number of nitrogens with one attached hydrogen (secondary N) is 1. The van der Waals surface area contributed by atoms with E-state index in [9.17, 15) is 39.3 Å². The summed E-state index contributed by atoms with van der Waals surface area (Å²) in [5.41, 5.74) is 3.91. The van der Waals surface area contributed by atoms with Gasteiger partial charge in [0.05, 0.1) is 25.2 Å². The van der Waals surface area contributed by atoms with Crippen LogP contribution in [0.3, 0.4) is 0 Å². The molecule has 17 nitrogen and oxygen atoms in total. The summed E-state index contributed by atoms with van der Waals surface area (Å²) in [6.45, 7) is 19.4. The van der Waals surface area contributed by atoms with Crippen LogP contribution in [0.1, 0.15) is 115 Å². The Morgan fingerprint density at radius 3 is 1.86 bits per heavy atom. The molecule has 2 saturated heterocycles. The average molecular weight is 823 g/mol. The van der Waals surface area contributed by atoms with Gasteiger partial charge < -0.3 is 59.5 Å². The number of ether oxygens (including phenoxy) is 7. The lowest BCUT2D eigenvalue weighted by Gasteiger charge is -2.43. The van der Waals surface area contributed by atoms with E-state index in [4.69, 9.17) is 33.2 Å². The van der Waals surface area contributed by atoms with Crippen LogP contribution in [0.2, 0.25) is 0 Å². The number of carbonyl (C=O) groups excluding carboxylic acids is 5. The average Bonchev–Trinajstić information content (AvgIpc) is 3.14. The third-order valence-corrected chi connectivity index (χ3v) is 9.45. The van der Waals surface area contributed by atoms with Gasteiger partial charge in [-0.05, 0) is 54.0 Å². The highest BCUT2D eigenvalue weighted by Gasteiger charge is 2.48. The molecule has 57 heavy (non-hydrogen) atoms. The molecule has 0 aliphatic carbocycles. The summed E-state index contributed by atoms with van der Waals surface area (Å²) in [6, 6.07) is 0. The van der Waals surface area contributed by atoms with E-state index >= 15 is 0 Å². The van der Waals surface area contributed by atoms with Crippen LogP contribution in [0.4, 0.5) is 0 Å². The highest BCUT2D eigenvalue weighted by Crippen LogP contribution is 2.34. The van der Waals surface area contributed by atoms with Crippen LogP contribution in [-0.4, -0.2) is 133 Å². The molecule has 0 saturated carbocycles. The number of amides is 1. The molecule has 0 aromatic carbocycles. The SMILES string of the molecule is CC(=O)OCC1O[C@H](OCC(C)C(=O)OC(C)(C)C)C(OC(C)=O)[C@@H](C)[C@@H]1C.CCCCCCCCNC(=O)C1O[C@H](OCC(C)C(C)=O)C(O)[C@@H](O)[C@@H]1O.CN. The number of esters is 3. The van der Waals surface area contributed by atoms with Crippen molar-refractivity contribution in [3.8, 4) is 0 Å². The monoisotopic (exact) mass is 823 g/mol. The van der Waals surface area contributed by atoms with Crippen LogP contribution in [0.15, 0.2) is 0 Å². The zero-order chi connectivity index (χ0) is 44.0. The molecular formula is C40H74N2O15. The van der Waals surface area contributed by atoms with E-state index in [1.165, 1.54) is 47.1 Å². The van der Waals surface area contributed by atoms with Gasteiger partial charge in [-0.3, -0.25) is 24.0 Å². The van der Waals surface area contributed by atoms with E-state index in [0.29, 0.717) is 6.54 Å². The maximum absolute atomic E-state index is 12.3. The van der Waals surface area contributed by atoms with Crippen molar-refractivity contribution in [1.82, 2.24) is 5.32 Å². The number of nitrogens with two attached hydrogens (primary N) is 1. The minimum absolute atomic E-state index is 0.0219. The Morgan fingerprint density at radius 2 is 1.32 bits per heavy atom. The van der Waals surface area contributed by atoms with Gasteiger partial charge in [-0.1, -0.05) is 59.8 Å². The van der Waals surface area contributed by atoms with Gasteiger partial charge in [0, 0.05) is 32.2 Å². The van der Waals surface area contributed by atoms with Crippen LogP contribution in [0, 0.1) is 23.7 Å². The van der Waals surface area contributed by atoms with Gasteiger partial charge in [0.2, 0.25) is 0 Å². The van der Waals surface area contributed by atoms with Crippen molar-refractivity contribution in [2.24, 2.45) is 29.4 Å². The number of hydrogen-bond acceptors (Lipinski definition) is 16. The lowest BCUT2D eigenvalue weighted by molar-refractivity contribution is -0.292. The van der Waals surface area contributed by atoms with Crippen molar-refractivity contribution >= 4 is 29.6 Å². The Morgan fingerprint density at radius 1 is 0.754 bits per heavy atom. The van der Waals surface area contributed by atoms with E-state index in [-0.39, 0.29) is 43.4 Å².